The molecule has 1 aromatic carbocycles. The Morgan fingerprint density at radius 1 is 1.23 bits per heavy atom. The van der Waals surface area contributed by atoms with Crippen LogP contribution in [0.5, 0.6) is 5.75 Å². The van der Waals surface area contributed by atoms with Crippen molar-refractivity contribution < 1.29 is 27.1 Å². The molecular weight excluding hydrogens is 422 g/mol. The number of anilines is 1. The first-order chi connectivity index (χ1) is 14.9. The number of morpholine rings is 1. The van der Waals surface area contributed by atoms with E-state index in [4.69, 9.17) is 13.9 Å². The first-order valence-corrected chi connectivity index (χ1v) is 11.8. The minimum atomic E-state index is -3.82. The lowest BCUT2D eigenvalue weighted by Gasteiger charge is -2.28. The topological polar surface area (TPSA) is 101 Å². The van der Waals surface area contributed by atoms with E-state index >= 15 is 0 Å². The molecule has 2 aromatic rings. The third-order valence-corrected chi connectivity index (χ3v) is 7.41. The number of carbonyl (C=O) groups is 1. The number of hydrogen-bond acceptors (Lipinski definition) is 7. The smallest absolute Gasteiger partial charge is 0.262 e. The highest BCUT2D eigenvalue weighted by molar-refractivity contribution is 7.89. The van der Waals surface area contributed by atoms with Crippen molar-refractivity contribution in [3.05, 3.63) is 41.9 Å². The van der Waals surface area contributed by atoms with E-state index < -0.39 is 10.0 Å². The second kappa shape index (κ2) is 9.39. The number of fused-ring (bicyclic) bond motifs is 1. The van der Waals surface area contributed by atoms with Crippen molar-refractivity contribution >= 4 is 21.6 Å². The molecule has 3 heterocycles. The van der Waals surface area contributed by atoms with Gasteiger partial charge in [0.2, 0.25) is 10.0 Å². The normalized spacial score (nSPS) is 17.3. The molecule has 0 atom stereocenters. The fourth-order valence-electron chi connectivity index (χ4n) is 3.79. The number of nitrogens with one attached hydrogen (secondary N) is 1. The number of amides is 1. The number of nitrogens with zero attached hydrogens (tertiary/aromatic N) is 2. The highest BCUT2D eigenvalue weighted by atomic mass is 32.2. The number of rotatable bonds is 8. The van der Waals surface area contributed by atoms with Gasteiger partial charge in [0.15, 0.2) is 6.61 Å². The van der Waals surface area contributed by atoms with E-state index in [9.17, 15) is 13.2 Å². The van der Waals surface area contributed by atoms with Gasteiger partial charge in [-0.2, -0.15) is 4.31 Å². The maximum absolute atomic E-state index is 13.6. The molecular formula is C21H27N3O6S. The molecule has 4 rings (SSSR count). The fourth-order valence-corrected chi connectivity index (χ4v) is 5.46. The van der Waals surface area contributed by atoms with Crippen molar-refractivity contribution in [2.24, 2.45) is 0 Å². The molecule has 10 heteroatoms. The van der Waals surface area contributed by atoms with Crippen molar-refractivity contribution in [1.29, 1.82) is 0 Å². The molecule has 2 aliphatic heterocycles. The number of aryl methyl sites for hydroxylation is 1. The average molecular weight is 450 g/mol. The minimum absolute atomic E-state index is 0.134. The van der Waals surface area contributed by atoms with E-state index in [1.165, 1.54) is 16.6 Å². The lowest BCUT2D eigenvalue weighted by molar-refractivity contribution is -0.118. The third kappa shape index (κ3) is 5.09. The van der Waals surface area contributed by atoms with Gasteiger partial charge >= 0.3 is 0 Å². The molecule has 1 aromatic heterocycles. The molecule has 1 saturated heterocycles. The first kappa shape index (κ1) is 21.8. The van der Waals surface area contributed by atoms with E-state index in [0.29, 0.717) is 48.9 Å². The van der Waals surface area contributed by atoms with Gasteiger partial charge in [0, 0.05) is 25.7 Å². The Morgan fingerprint density at radius 2 is 2.03 bits per heavy atom. The summed E-state index contributed by atoms with van der Waals surface area (Å²) in [5.74, 6) is 0.675. The van der Waals surface area contributed by atoms with Gasteiger partial charge in [0.05, 0.1) is 36.6 Å². The maximum Gasteiger partial charge on any atom is 0.262 e. The Hall–Kier alpha value is -2.40. The van der Waals surface area contributed by atoms with E-state index in [0.717, 1.165) is 19.6 Å². The molecule has 0 bridgehead atoms. The van der Waals surface area contributed by atoms with E-state index in [1.807, 2.05) is 0 Å². The highest BCUT2D eigenvalue weighted by Gasteiger charge is 2.29. The zero-order chi connectivity index (χ0) is 21.8. The fraction of sp³-hybridized carbons (Fsp3) is 0.476. The molecule has 0 saturated carbocycles. The number of ether oxygens (including phenoxy) is 2. The third-order valence-electron chi connectivity index (χ3n) is 5.43. The number of hydrogen-bond donors (Lipinski definition) is 1. The van der Waals surface area contributed by atoms with Crippen LogP contribution >= 0.6 is 0 Å². The summed E-state index contributed by atoms with van der Waals surface area (Å²) in [6.45, 7) is 6.01. The lowest BCUT2D eigenvalue weighted by atomic mass is 10.2. The largest absolute Gasteiger partial charge is 0.482 e. The first-order valence-electron chi connectivity index (χ1n) is 10.3. The van der Waals surface area contributed by atoms with Crippen molar-refractivity contribution in [1.82, 2.24) is 9.21 Å². The molecule has 9 nitrogen and oxygen atoms in total. The van der Waals surface area contributed by atoms with Crippen LogP contribution in [-0.2, 0) is 26.1 Å². The predicted octanol–water partition coefficient (Wildman–Crippen LogP) is 1.83. The van der Waals surface area contributed by atoms with Crippen LogP contribution in [0.4, 0.5) is 5.69 Å². The van der Waals surface area contributed by atoms with Gasteiger partial charge in [0.1, 0.15) is 11.5 Å². The number of carbonyl (C=O) groups excluding carboxylic acids is 1. The Labute approximate surface area is 182 Å². The van der Waals surface area contributed by atoms with Gasteiger partial charge in [0.25, 0.3) is 5.91 Å². The monoisotopic (exact) mass is 449 g/mol. The number of benzene rings is 1. The lowest BCUT2D eigenvalue weighted by Crippen LogP contribution is -2.39. The molecule has 31 heavy (non-hydrogen) atoms. The zero-order valence-corrected chi connectivity index (χ0v) is 18.3. The molecule has 0 unspecified atom stereocenters. The van der Waals surface area contributed by atoms with Crippen molar-refractivity contribution in [3.8, 4) is 5.75 Å². The Morgan fingerprint density at radius 3 is 2.77 bits per heavy atom. The summed E-state index contributed by atoms with van der Waals surface area (Å²) >= 11 is 0. The van der Waals surface area contributed by atoms with Gasteiger partial charge < -0.3 is 19.2 Å². The summed E-state index contributed by atoms with van der Waals surface area (Å²) in [4.78, 5) is 14.0. The van der Waals surface area contributed by atoms with Crippen LogP contribution in [-0.4, -0.2) is 69.5 Å². The molecule has 0 aliphatic carbocycles. The predicted molar refractivity (Wildman–Crippen MR) is 113 cm³/mol. The van der Waals surface area contributed by atoms with Gasteiger partial charge in [-0.3, -0.25) is 9.69 Å². The molecule has 0 spiro atoms. The van der Waals surface area contributed by atoms with Crippen LogP contribution < -0.4 is 10.1 Å². The van der Waals surface area contributed by atoms with E-state index in [-0.39, 0.29) is 24.0 Å². The molecule has 168 valence electrons. The standard InChI is InChI=1S/C21H27N3O6S/c1-16-12-18-19(30-15-21(25)22-18)13-20(16)31(26,27)24(14-17-4-2-9-29-17)6-3-5-23-7-10-28-11-8-23/h2,4,9,12-13H,3,5-8,10-11,14-15H2,1H3,(H,22,25). The summed E-state index contributed by atoms with van der Waals surface area (Å²) in [6.07, 6.45) is 2.23. The quantitative estimate of drug-likeness (QED) is 0.656. The average Bonchev–Trinajstić information content (AvgIpc) is 3.26. The van der Waals surface area contributed by atoms with Gasteiger partial charge in [-0.1, -0.05) is 0 Å². The van der Waals surface area contributed by atoms with Crippen LogP contribution in [0.1, 0.15) is 17.7 Å². The van der Waals surface area contributed by atoms with Gasteiger partial charge in [-0.15, -0.1) is 0 Å². The Balaban J connectivity index is 1.56. The summed E-state index contributed by atoms with van der Waals surface area (Å²) < 4.78 is 44.9. The summed E-state index contributed by atoms with van der Waals surface area (Å²) in [5.41, 5.74) is 1.03. The second-order valence-electron chi connectivity index (χ2n) is 7.68. The SMILES string of the molecule is Cc1cc2c(cc1S(=O)(=O)N(CCCN1CCOCC1)Cc1ccco1)OCC(=O)N2. The number of sulfonamides is 1. The molecule has 1 fully saturated rings. The molecule has 0 radical (unpaired) electrons. The van der Waals surface area contributed by atoms with E-state index in [1.54, 1.807) is 25.1 Å². The second-order valence-corrected chi connectivity index (χ2v) is 9.58. The summed E-state index contributed by atoms with van der Waals surface area (Å²) in [6, 6.07) is 6.64. The van der Waals surface area contributed by atoms with Gasteiger partial charge in [-0.25, -0.2) is 8.42 Å². The van der Waals surface area contributed by atoms with Crippen LogP contribution in [0.2, 0.25) is 0 Å². The molecule has 2 aliphatic rings. The summed E-state index contributed by atoms with van der Waals surface area (Å²) in [5, 5.41) is 2.71. The van der Waals surface area contributed by atoms with Crippen molar-refractivity contribution in [3.63, 3.8) is 0 Å². The minimum Gasteiger partial charge on any atom is -0.482 e. The van der Waals surface area contributed by atoms with E-state index in [2.05, 4.69) is 10.2 Å². The van der Waals surface area contributed by atoms with Gasteiger partial charge in [-0.05, 0) is 43.7 Å². The maximum atomic E-state index is 13.6. The van der Waals surface area contributed by atoms with Crippen LogP contribution in [0.3, 0.4) is 0 Å². The van der Waals surface area contributed by atoms with Crippen molar-refractivity contribution in [2.45, 2.75) is 24.8 Å². The van der Waals surface area contributed by atoms with Crippen LogP contribution in [0.15, 0.2) is 39.8 Å². The van der Waals surface area contributed by atoms with Crippen molar-refractivity contribution in [2.75, 3.05) is 51.3 Å². The Bertz CT molecular complexity index is 1020. The Kier molecular flexibility index (Phi) is 6.61. The van der Waals surface area contributed by atoms with Crippen LogP contribution in [0.25, 0.3) is 0 Å². The number of furan rings is 1. The van der Waals surface area contributed by atoms with Crippen LogP contribution in [0, 0.1) is 6.92 Å². The highest BCUT2D eigenvalue weighted by Crippen LogP contribution is 2.34. The zero-order valence-electron chi connectivity index (χ0n) is 17.5. The summed E-state index contributed by atoms with van der Waals surface area (Å²) in [7, 11) is -3.82. The molecule has 1 amide bonds. The molecule has 1 N–H and O–H groups in total.